The second-order valence-corrected chi connectivity index (χ2v) is 6.07. The standard InChI is InChI=1S/C14H22BrN3O/c1-3-7-18(12-5-4-6-16-9-12)14(19)13-8-11(15)10-17(13)2/h8,10,12,16H,3-7,9H2,1-2H3. The third-order valence-corrected chi connectivity index (χ3v) is 4.06. The zero-order valence-corrected chi connectivity index (χ0v) is 13.2. The summed E-state index contributed by atoms with van der Waals surface area (Å²) in [4.78, 5) is 14.8. The first-order valence-corrected chi connectivity index (χ1v) is 7.76. The molecule has 19 heavy (non-hydrogen) atoms. The lowest BCUT2D eigenvalue weighted by Gasteiger charge is -2.34. The minimum absolute atomic E-state index is 0.142. The van der Waals surface area contributed by atoms with Gasteiger partial charge in [0.2, 0.25) is 0 Å². The number of nitrogens with one attached hydrogen (secondary N) is 1. The van der Waals surface area contributed by atoms with Gasteiger partial charge in [-0.25, -0.2) is 0 Å². The lowest BCUT2D eigenvalue weighted by molar-refractivity contribution is 0.0639. The van der Waals surface area contributed by atoms with Crippen LogP contribution in [0.2, 0.25) is 0 Å². The number of hydrogen-bond donors (Lipinski definition) is 1. The van der Waals surface area contributed by atoms with Crippen molar-refractivity contribution in [2.24, 2.45) is 7.05 Å². The van der Waals surface area contributed by atoms with Crippen molar-refractivity contribution in [1.29, 1.82) is 0 Å². The largest absolute Gasteiger partial charge is 0.345 e. The number of piperidine rings is 1. The number of rotatable bonds is 4. The normalized spacial score (nSPS) is 19.4. The van der Waals surface area contributed by atoms with Gasteiger partial charge in [-0.2, -0.15) is 0 Å². The molecule has 1 fully saturated rings. The fourth-order valence-electron chi connectivity index (χ4n) is 2.67. The van der Waals surface area contributed by atoms with Crippen molar-refractivity contribution < 1.29 is 4.79 Å². The fraction of sp³-hybridized carbons (Fsp3) is 0.643. The number of carbonyl (C=O) groups is 1. The molecule has 1 unspecified atom stereocenters. The van der Waals surface area contributed by atoms with Crippen molar-refractivity contribution >= 4 is 21.8 Å². The molecule has 1 aromatic rings. The molecule has 0 radical (unpaired) electrons. The van der Waals surface area contributed by atoms with E-state index in [9.17, 15) is 4.79 Å². The average molecular weight is 328 g/mol. The van der Waals surface area contributed by atoms with E-state index in [2.05, 4.69) is 28.2 Å². The smallest absolute Gasteiger partial charge is 0.270 e. The molecular weight excluding hydrogens is 306 g/mol. The van der Waals surface area contributed by atoms with Crippen LogP contribution in [0, 0.1) is 0 Å². The number of aryl methyl sites for hydroxylation is 1. The number of aromatic nitrogens is 1. The third-order valence-electron chi connectivity index (χ3n) is 3.63. The number of halogens is 1. The van der Waals surface area contributed by atoms with Gasteiger partial charge in [-0.1, -0.05) is 6.92 Å². The van der Waals surface area contributed by atoms with Crippen molar-refractivity contribution in [3.05, 3.63) is 22.4 Å². The molecule has 1 saturated heterocycles. The van der Waals surface area contributed by atoms with Crippen molar-refractivity contribution in [1.82, 2.24) is 14.8 Å². The van der Waals surface area contributed by atoms with Crippen LogP contribution in [0.4, 0.5) is 0 Å². The van der Waals surface area contributed by atoms with Crippen LogP contribution in [0.3, 0.4) is 0 Å². The Morgan fingerprint density at radius 1 is 1.63 bits per heavy atom. The zero-order valence-electron chi connectivity index (χ0n) is 11.7. The maximum atomic E-state index is 12.7. The summed E-state index contributed by atoms with van der Waals surface area (Å²) in [6.07, 6.45) is 5.17. The minimum atomic E-state index is 0.142. The van der Waals surface area contributed by atoms with E-state index in [4.69, 9.17) is 0 Å². The van der Waals surface area contributed by atoms with E-state index in [-0.39, 0.29) is 5.91 Å². The lowest BCUT2D eigenvalue weighted by atomic mass is 10.1. The molecule has 4 nitrogen and oxygen atoms in total. The van der Waals surface area contributed by atoms with Gasteiger partial charge in [0.05, 0.1) is 0 Å². The first-order valence-electron chi connectivity index (χ1n) is 6.97. The summed E-state index contributed by atoms with van der Waals surface area (Å²) >= 11 is 3.43. The van der Waals surface area contributed by atoms with Crippen LogP contribution < -0.4 is 5.32 Å². The molecular formula is C14H22BrN3O. The molecule has 0 bridgehead atoms. The van der Waals surface area contributed by atoms with Gasteiger partial charge in [0, 0.05) is 36.8 Å². The molecule has 1 aromatic heterocycles. The minimum Gasteiger partial charge on any atom is -0.345 e. The van der Waals surface area contributed by atoms with Crippen LogP contribution in [0.25, 0.3) is 0 Å². The molecule has 2 heterocycles. The lowest BCUT2D eigenvalue weighted by Crippen LogP contribution is -2.49. The van der Waals surface area contributed by atoms with E-state index in [0.717, 1.165) is 49.1 Å². The molecule has 106 valence electrons. The Balaban J connectivity index is 2.17. The molecule has 5 heteroatoms. The van der Waals surface area contributed by atoms with Crippen molar-refractivity contribution in [3.8, 4) is 0 Å². The maximum absolute atomic E-state index is 12.7. The third kappa shape index (κ3) is 3.39. The molecule has 0 spiro atoms. The van der Waals surface area contributed by atoms with Gasteiger partial charge in [-0.05, 0) is 47.8 Å². The molecule has 0 aromatic carbocycles. The van der Waals surface area contributed by atoms with Gasteiger partial charge >= 0.3 is 0 Å². The summed E-state index contributed by atoms with van der Waals surface area (Å²) < 4.78 is 2.85. The second kappa shape index (κ2) is 6.57. The van der Waals surface area contributed by atoms with Gasteiger partial charge in [0.25, 0.3) is 5.91 Å². The average Bonchev–Trinajstić information content (AvgIpc) is 2.75. The Hall–Kier alpha value is -0.810. The van der Waals surface area contributed by atoms with E-state index >= 15 is 0 Å². The topological polar surface area (TPSA) is 37.3 Å². The van der Waals surface area contributed by atoms with E-state index in [0.29, 0.717) is 6.04 Å². The van der Waals surface area contributed by atoms with Gasteiger partial charge in [0.1, 0.15) is 5.69 Å². The highest BCUT2D eigenvalue weighted by molar-refractivity contribution is 9.10. The number of nitrogens with zero attached hydrogens (tertiary/aromatic N) is 2. The van der Waals surface area contributed by atoms with Gasteiger partial charge in [-0.3, -0.25) is 4.79 Å². The number of amides is 1. The van der Waals surface area contributed by atoms with Gasteiger partial charge in [0.15, 0.2) is 0 Å². The monoisotopic (exact) mass is 327 g/mol. The van der Waals surface area contributed by atoms with Crippen molar-refractivity contribution in [2.45, 2.75) is 32.2 Å². The highest BCUT2D eigenvalue weighted by Crippen LogP contribution is 2.19. The quantitative estimate of drug-likeness (QED) is 0.921. The van der Waals surface area contributed by atoms with E-state index in [1.54, 1.807) is 0 Å². The van der Waals surface area contributed by atoms with Crippen LogP contribution in [-0.4, -0.2) is 41.1 Å². The van der Waals surface area contributed by atoms with Crippen LogP contribution in [0.1, 0.15) is 36.7 Å². The first-order chi connectivity index (χ1) is 9.13. The Morgan fingerprint density at radius 3 is 2.95 bits per heavy atom. The zero-order chi connectivity index (χ0) is 13.8. The van der Waals surface area contributed by atoms with Crippen molar-refractivity contribution in [3.63, 3.8) is 0 Å². The molecule has 1 aliphatic heterocycles. The fourth-order valence-corrected chi connectivity index (χ4v) is 3.20. The first kappa shape index (κ1) is 14.6. The SMILES string of the molecule is CCCN(C(=O)c1cc(Br)cn1C)C1CCCNC1. The second-order valence-electron chi connectivity index (χ2n) is 5.15. The van der Waals surface area contributed by atoms with Crippen molar-refractivity contribution in [2.75, 3.05) is 19.6 Å². The highest BCUT2D eigenvalue weighted by atomic mass is 79.9. The molecule has 0 saturated carbocycles. The summed E-state index contributed by atoms with van der Waals surface area (Å²) in [5.41, 5.74) is 0.755. The van der Waals surface area contributed by atoms with Crippen LogP contribution >= 0.6 is 15.9 Å². The molecule has 1 atom stereocenters. The Kier molecular flexibility index (Phi) is 5.05. The summed E-state index contributed by atoms with van der Waals surface area (Å²) in [6, 6.07) is 2.23. The highest BCUT2D eigenvalue weighted by Gasteiger charge is 2.26. The maximum Gasteiger partial charge on any atom is 0.270 e. The summed E-state index contributed by atoms with van der Waals surface area (Å²) in [6.45, 7) is 4.93. The molecule has 1 N–H and O–H groups in total. The predicted octanol–water partition coefficient (Wildman–Crippen LogP) is 2.39. The van der Waals surface area contributed by atoms with Gasteiger partial charge in [-0.15, -0.1) is 0 Å². The molecule has 2 rings (SSSR count). The predicted molar refractivity (Wildman–Crippen MR) is 80.3 cm³/mol. The van der Waals surface area contributed by atoms with Gasteiger partial charge < -0.3 is 14.8 Å². The number of hydrogen-bond acceptors (Lipinski definition) is 2. The summed E-state index contributed by atoms with van der Waals surface area (Å²) in [7, 11) is 1.92. The van der Waals surface area contributed by atoms with Crippen LogP contribution in [0.5, 0.6) is 0 Å². The van der Waals surface area contributed by atoms with E-state index in [1.165, 1.54) is 0 Å². The van der Waals surface area contributed by atoms with E-state index < -0.39 is 0 Å². The van der Waals surface area contributed by atoms with Crippen LogP contribution in [-0.2, 0) is 7.05 Å². The molecule has 1 amide bonds. The molecule has 0 aliphatic carbocycles. The summed E-state index contributed by atoms with van der Waals surface area (Å²) in [5.74, 6) is 0.142. The Morgan fingerprint density at radius 2 is 2.42 bits per heavy atom. The number of carbonyl (C=O) groups excluding carboxylic acids is 1. The summed E-state index contributed by atoms with van der Waals surface area (Å²) in [5, 5.41) is 3.39. The van der Waals surface area contributed by atoms with E-state index in [1.807, 2.05) is 28.8 Å². The van der Waals surface area contributed by atoms with Crippen LogP contribution in [0.15, 0.2) is 16.7 Å². The Bertz CT molecular complexity index is 438. The Labute approximate surface area is 123 Å². The molecule has 1 aliphatic rings.